The quantitative estimate of drug-likeness (QED) is 0.658. The summed E-state index contributed by atoms with van der Waals surface area (Å²) < 4.78 is 13.5. The highest BCUT2D eigenvalue weighted by atomic mass is 16.5. The number of pyridine rings is 1. The average molecular weight is 422 g/mol. The van der Waals surface area contributed by atoms with Gasteiger partial charge in [0.05, 0.1) is 32.1 Å². The normalized spacial score (nSPS) is 18.0. The van der Waals surface area contributed by atoms with Crippen molar-refractivity contribution >= 4 is 5.91 Å². The van der Waals surface area contributed by atoms with Crippen LogP contribution in [0.4, 0.5) is 0 Å². The maximum atomic E-state index is 12.7. The van der Waals surface area contributed by atoms with Gasteiger partial charge < -0.3 is 19.4 Å². The van der Waals surface area contributed by atoms with Crippen molar-refractivity contribution in [2.75, 3.05) is 20.3 Å². The van der Waals surface area contributed by atoms with Gasteiger partial charge in [-0.15, -0.1) is 0 Å². The van der Waals surface area contributed by atoms with E-state index in [1.165, 1.54) is 21.4 Å². The molecule has 1 aliphatic heterocycles. The molecule has 0 aliphatic carbocycles. The van der Waals surface area contributed by atoms with Crippen molar-refractivity contribution in [2.24, 2.45) is 7.05 Å². The molecule has 0 bridgehead atoms. The molecule has 160 valence electrons. The van der Waals surface area contributed by atoms with Gasteiger partial charge >= 0.3 is 0 Å². The second-order valence-corrected chi connectivity index (χ2v) is 7.26. The Morgan fingerprint density at radius 3 is 2.81 bits per heavy atom. The zero-order valence-corrected chi connectivity index (χ0v) is 17.1. The molecule has 2 aromatic heterocycles. The Morgan fingerprint density at radius 1 is 1.16 bits per heavy atom. The van der Waals surface area contributed by atoms with Crippen molar-refractivity contribution in [2.45, 2.75) is 12.1 Å². The molecule has 2 unspecified atom stereocenters. The topological polar surface area (TPSA) is 104 Å². The van der Waals surface area contributed by atoms with Crippen LogP contribution in [0.3, 0.4) is 0 Å². The van der Waals surface area contributed by atoms with E-state index in [0.29, 0.717) is 11.4 Å². The Morgan fingerprint density at radius 2 is 2.00 bits per heavy atom. The first-order valence-electron chi connectivity index (χ1n) is 9.76. The Labute approximate surface area is 177 Å². The predicted molar refractivity (Wildman–Crippen MR) is 113 cm³/mol. The third-order valence-electron chi connectivity index (χ3n) is 5.24. The summed E-state index contributed by atoms with van der Waals surface area (Å²) in [4.78, 5) is 37.5. The first-order chi connectivity index (χ1) is 15.0. The number of nitrogens with zero attached hydrogens (tertiary/aromatic N) is 3. The van der Waals surface area contributed by atoms with Crippen molar-refractivity contribution < 1.29 is 14.3 Å². The molecule has 2 atom stereocenters. The number of aryl methyl sites for hydroxylation is 1. The van der Waals surface area contributed by atoms with E-state index in [1.54, 1.807) is 32.5 Å². The van der Waals surface area contributed by atoms with Crippen LogP contribution in [0.25, 0.3) is 11.3 Å². The van der Waals surface area contributed by atoms with Gasteiger partial charge in [-0.3, -0.25) is 14.4 Å². The van der Waals surface area contributed by atoms with E-state index >= 15 is 0 Å². The second kappa shape index (κ2) is 8.57. The number of methoxy groups -OCH3 is 1. The van der Waals surface area contributed by atoms with Gasteiger partial charge in [-0.25, -0.2) is 4.68 Å². The lowest BCUT2D eigenvalue weighted by molar-refractivity contribution is 0.0922. The fourth-order valence-electron chi connectivity index (χ4n) is 3.54. The molecule has 1 fully saturated rings. The molecule has 3 heterocycles. The highest BCUT2D eigenvalue weighted by molar-refractivity contribution is 5.94. The molecule has 0 radical (unpaired) electrons. The number of hydrogen-bond donors (Lipinski definition) is 1. The van der Waals surface area contributed by atoms with E-state index in [4.69, 9.17) is 9.47 Å². The smallest absolute Gasteiger partial charge is 0.267 e. The summed E-state index contributed by atoms with van der Waals surface area (Å²) in [6.45, 7) is 0.424. The molecule has 4 rings (SSSR count). The fraction of sp³-hybridized carbons (Fsp3) is 0.273. The lowest BCUT2D eigenvalue weighted by Gasteiger charge is -2.20. The molecule has 1 amide bonds. The van der Waals surface area contributed by atoms with Crippen LogP contribution in [0.1, 0.15) is 16.4 Å². The Kier molecular flexibility index (Phi) is 5.68. The zero-order valence-electron chi connectivity index (χ0n) is 17.1. The van der Waals surface area contributed by atoms with Gasteiger partial charge in [0.2, 0.25) is 0 Å². The summed E-state index contributed by atoms with van der Waals surface area (Å²) in [5, 5.41) is 7.33. The first-order valence-corrected chi connectivity index (χ1v) is 9.76. The molecule has 0 spiro atoms. The molecule has 9 heteroatoms. The predicted octanol–water partition coefficient (Wildman–Crippen LogP) is 0.987. The van der Waals surface area contributed by atoms with E-state index < -0.39 is 23.6 Å². The van der Waals surface area contributed by atoms with Gasteiger partial charge in [0, 0.05) is 24.9 Å². The SMILES string of the molecule is COc1cccc(-c2ccc(=O)n(C3COCC3NC(=O)c3cccn(C)c3=O)n2)c1. The second-order valence-electron chi connectivity index (χ2n) is 7.26. The van der Waals surface area contributed by atoms with Crippen LogP contribution in [0, 0.1) is 0 Å². The Hall–Kier alpha value is -3.72. The maximum absolute atomic E-state index is 12.7. The lowest BCUT2D eigenvalue weighted by Crippen LogP contribution is -2.45. The van der Waals surface area contributed by atoms with E-state index in [-0.39, 0.29) is 24.3 Å². The lowest BCUT2D eigenvalue weighted by atomic mass is 10.1. The molecular weight excluding hydrogens is 400 g/mol. The minimum atomic E-state index is -0.515. The highest BCUT2D eigenvalue weighted by Crippen LogP contribution is 2.23. The molecule has 1 aliphatic rings. The van der Waals surface area contributed by atoms with Crippen LogP contribution in [-0.4, -0.2) is 46.6 Å². The maximum Gasteiger partial charge on any atom is 0.267 e. The number of hydrogen-bond acceptors (Lipinski definition) is 6. The first kappa shape index (κ1) is 20.5. The number of carbonyl (C=O) groups is 1. The summed E-state index contributed by atoms with van der Waals surface area (Å²) >= 11 is 0. The number of rotatable bonds is 5. The molecular formula is C22H22N4O5. The van der Waals surface area contributed by atoms with Crippen LogP contribution in [0.2, 0.25) is 0 Å². The summed E-state index contributed by atoms with van der Waals surface area (Å²) in [6.07, 6.45) is 1.58. The Bertz CT molecular complexity index is 1230. The van der Waals surface area contributed by atoms with E-state index in [2.05, 4.69) is 10.4 Å². The number of carbonyl (C=O) groups excluding carboxylic acids is 1. The number of aromatic nitrogens is 3. The van der Waals surface area contributed by atoms with Crippen molar-refractivity contribution in [3.63, 3.8) is 0 Å². The van der Waals surface area contributed by atoms with Gasteiger partial charge in [-0.1, -0.05) is 12.1 Å². The highest BCUT2D eigenvalue weighted by Gasteiger charge is 2.33. The molecule has 1 N–H and O–H groups in total. The van der Waals surface area contributed by atoms with Crippen LogP contribution in [0.15, 0.2) is 64.3 Å². The minimum absolute atomic E-state index is 0.0288. The number of benzene rings is 1. The van der Waals surface area contributed by atoms with Crippen molar-refractivity contribution in [3.05, 3.63) is 81.0 Å². The monoisotopic (exact) mass is 422 g/mol. The van der Waals surface area contributed by atoms with Crippen LogP contribution in [0.5, 0.6) is 5.75 Å². The fourth-order valence-corrected chi connectivity index (χ4v) is 3.54. The average Bonchev–Trinajstić information content (AvgIpc) is 3.23. The third-order valence-corrected chi connectivity index (χ3v) is 5.24. The number of amides is 1. The summed E-state index contributed by atoms with van der Waals surface area (Å²) in [5.41, 5.74) is 0.705. The largest absolute Gasteiger partial charge is 0.497 e. The zero-order chi connectivity index (χ0) is 22.0. The van der Waals surface area contributed by atoms with Crippen LogP contribution in [-0.2, 0) is 11.8 Å². The van der Waals surface area contributed by atoms with Gasteiger partial charge in [0.25, 0.3) is 17.0 Å². The summed E-state index contributed by atoms with van der Waals surface area (Å²) in [7, 11) is 3.16. The number of ether oxygens (including phenoxy) is 2. The molecule has 1 aromatic carbocycles. The van der Waals surface area contributed by atoms with Crippen molar-refractivity contribution in [1.82, 2.24) is 19.7 Å². The molecule has 31 heavy (non-hydrogen) atoms. The van der Waals surface area contributed by atoms with Crippen LogP contribution >= 0.6 is 0 Å². The third kappa shape index (κ3) is 4.13. The van der Waals surface area contributed by atoms with E-state index in [1.807, 2.05) is 24.3 Å². The Balaban J connectivity index is 1.62. The molecule has 9 nitrogen and oxygen atoms in total. The molecule has 1 saturated heterocycles. The van der Waals surface area contributed by atoms with Gasteiger partial charge in [-0.05, 0) is 30.3 Å². The van der Waals surface area contributed by atoms with Crippen molar-refractivity contribution in [3.8, 4) is 17.0 Å². The van der Waals surface area contributed by atoms with Crippen LogP contribution < -0.4 is 21.2 Å². The summed E-state index contributed by atoms with van der Waals surface area (Å²) in [5.74, 6) is 0.162. The molecule has 3 aromatic rings. The van der Waals surface area contributed by atoms with E-state index in [9.17, 15) is 14.4 Å². The van der Waals surface area contributed by atoms with Gasteiger partial charge in [-0.2, -0.15) is 5.10 Å². The summed E-state index contributed by atoms with van der Waals surface area (Å²) in [6, 6.07) is 12.5. The van der Waals surface area contributed by atoms with Gasteiger partial charge in [0.15, 0.2) is 0 Å². The van der Waals surface area contributed by atoms with Crippen molar-refractivity contribution in [1.29, 1.82) is 0 Å². The standard InChI is InChI=1S/C22H22N4O5/c1-25-10-4-7-16(22(25)29)21(28)23-18-12-31-13-19(18)26-20(27)9-8-17(24-26)14-5-3-6-15(11-14)30-2/h3-11,18-19H,12-13H2,1-2H3,(H,23,28). The van der Waals surface area contributed by atoms with E-state index in [0.717, 1.165) is 5.56 Å². The molecule has 0 saturated carbocycles. The number of nitrogens with one attached hydrogen (secondary N) is 1. The minimum Gasteiger partial charge on any atom is -0.497 e. The van der Waals surface area contributed by atoms with Gasteiger partial charge in [0.1, 0.15) is 17.4 Å².